The highest BCUT2D eigenvalue weighted by Gasteiger charge is 2.26. The summed E-state index contributed by atoms with van der Waals surface area (Å²) in [5.74, 6) is 1.48. The molecule has 1 aromatic carbocycles. The zero-order chi connectivity index (χ0) is 17.8. The van der Waals surface area contributed by atoms with Gasteiger partial charge in [0.05, 0.1) is 17.2 Å². The molecule has 0 saturated carbocycles. The summed E-state index contributed by atoms with van der Waals surface area (Å²) in [6.45, 7) is 3.07. The maximum absolute atomic E-state index is 12.3. The minimum atomic E-state index is -0.421. The normalized spacial score (nSPS) is 17.6. The molecule has 0 aliphatic carbocycles. The molecule has 0 aromatic heterocycles. The van der Waals surface area contributed by atoms with Crippen molar-refractivity contribution >= 4 is 56.8 Å². The van der Waals surface area contributed by atoms with Crippen molar-refractivity contribution in [3.05, 3.63) is 33.3 Å². The molecule has 0 spiro atoms. The van der Waals surface area contributed by atoms with Crippen LogP contribution >= 0.6 is 35.1 Å². The van der Waals surface area contributed by atoms with E-state index in [1.54, 1.807) is 23.9 Å². The average molecular weight is 401 g/mol. The van der Waals surface area contributed by atoms with Crippen LogP contribution in [0, 0.1) is 10.1 Å². The van der Waals surface area contributed by atoms with E-state index in [0.29, 0.717) is 42.6 Å². The van der Waals surface area contributed by atoms with Gasteiger partial charge in [-0.25, -0.2) is 0 Å². The number of benzene rings is 1. The summed E-state index contributed by atoms with van der Waals surface area (Å²) in [4.78, 5) is 31.2. The van der Waals surface area contributed by atoms with Gasteiger partial charge in [-0.3, -0.25) is 19.9 Å². The van der Waals surface area contributed by atoms with Gasteiger partial charge in [0.1, 0.15) is 10.1 Å². The fourth-order valence-electron chi connectivity index (χ4n) is 2.72. The van der Waals surface area contributed by atoms with E-state index in [0.717, 1.165) is 16.7 Å². The molecule has 0 unspecified atom stereocenters. The summed E-state index contributed by atoms with van der Waals surface area (Å²) in [5.41, 5.74) is 0.548. The molecule has 1 saturated heterocycles. The first-order valence-corrected chi connectivity index (χ1v) is 10.2. The van der Waals surface area contributed by atoms with Gasteiger partial charge in [-0.2, -0.15) is 0 Å². The molecule has 1 amide bonds. The van der Waals surface area contributed by atoms with E-state index >= 15 is 0 Å². The van der Waals surface area contributed by atoms with Gasteiger partial charge in [0, 0.05) is 43.0 Å². The topological polar surface area (TPSA) is 79.0 Å². The minimum Gasteiger partial charge on any atom is -0.362 e. The van der Waals surface area contributed by atoms with Crippen molar-refractivity contribution < 1.29 is 9.72 Å². The van der Waals surface area contributed by atoms with Crippen LogP contribution in [0.3, 0.4) is 0 Å². The molecule has 25 heavy (non-hydrogen) atoms. The van der Waals surface area contributed by atoms with Crippen molar-refractivity contribution in [3.63, 3.8) is 0 Å². The Morgan fingerprint density at radius 1 is 1.36 bits per heavy atom. The maximum atomic E-state index is 12.3. The van der Waals surface area contributed by atoms with E-state index in [-0.39, 0.29) is 11.6 Å². The molecule has 2 heterocycles. The minimum absolute atomic E-state index is 0.000832. The smallest absolute Gasteiger partial charge is 0.294 e. The Kier molecular flexibility index (Phi) is 6.08. The first kappa shape index (κ1) is 18.3. The first-order valence-electron chi connectivity index (χ1n) is 7.81. The van der Waals surface area contributed by atoms with E-state index in [2.05, 4.69) is 4.99 Å². The van der Waals surface area contributed by atoms with E-state index in [4.69, 9.17) is 11.6 Å². The molecule has 0 radical (unpaired) electrons. The number of nitro benzene ring substituents is 1. The predicted molar refractivity (Wildman–Crippen MR) is 104 cm³/mol. The average Bonchev–Trinajstić information content (AvgIpc) is 3.13. The van der Waals surface area contributed by atoms with E-state index < -0.39 is 4.92 Å². The fraction of sp³-hybridized carbons (Fsp3) is 0.467. The third kappa shape index (κ3) is 4.59. The van der Waals surface area contributed by atoms with Crippen molar-refractivity contribution in [2.45, 2.75) is 0 Å². The number of amides is 1. The highest BCUT2D eigenvalue weighted by Crippen LogP contribution is 2.31. The molecule has 2 aliphatic heterocycles. The number of hydrogen-bond donors (Lipinski definition) is 0. The van der Waals surface area contributed by atoms with Gasteiger partial charge in [-0.05, 0) is 12.1 Å². The summed E-state index contributed by atoms with van der Waals surface area (Å²) < 4.78 is 0.990. The molecule has 2 aliphatic rings. The zero-order valence-electron chi connectivity index (χ0n) is 13.4. The number of rotatable bonds is 4. The molecule has 0 bridgehead atoms. The van der Waals surface area contributed by atoms with Crippen molar-refractivity contribution in [1.82, 2.24) is 4.90 Å². The van der Waals surface area contributed by atoms with Crippen LogP contribution in [0.5, 0.6) is 0 Å². The lowest BCUT2D eigenvalue weighted by Crippen LogP contribution is -2.49. The first-order chi connectivity index (χ1) is 12.0. The number of nitro groups is 1. The van der Waals surface area contributed by atoms with Crippen LogP contribution in [0.25, 0.3) is 0 Å². The standard InChI is InChI=1S/C15H17ClN4O3S2/c16-11-1-2-12(13(9-11)20(22)23)18-4-6-19(7-5-18)14(21)10-25-15-17-3-8-24-15/h1-2,9H,3-8,10H2. The summed E-state index contributed by atoms with van der Waals surface area (Å²) in [5, 5.41) is 11.6. The lowest BCUT2D eigenvalue weighted by Gasteiger charge is -2.35. The van der Waals surface area contributed by atoms with Gasteiger partial charge in [-0.15, -0.1) is 0 Å². The molecular formula is C15H17ClN4O3S2. The van der Waals surface area contributed by atoms with Crippen LogP contribution in [-0.4, -0.2) is 64.3 Å². The highest BCUT2D eigenvalue weighted by molar-refractivity contribution is 8.39. The third-order valence-corrected chi connectivity index (χ3v) is 6.46. The molecular weight excluding hydrogens is 384 g/mol. The van der Waals surface area contributed by atoms with Crippen molar-refractivity contribution in [2.75, 3.05) is 49.1 Å². The van der Waals surface area contributed by atoms with Crippen molar-refractivity contribution in [1.29, 1.82) is 0 Å². The van der Waals surface area contributed by atoms with Gasteiger partial charge < -0.3 is 9.80 Å². The molecule has 1 fully saturated rings. The van der Waals surface area contributed by atoms with E-state index in [1.165, 1.54) is 17.8 Å². The van der Waals surface area contributed by atoms with Crippen LogP contribution in [0.4, 0.5) is 11.4 Å². The number of hydrogen-bond acceptors (Lipinski definition) is 7. The van der Waals surface area contributed by atoms with Gasteiger partial charge in [-0.1, -0.05) is 35.1 Å². The summed E-state index contributed by atoms with van der Waals surface area (Å²) >= 11 is 9.05. The van der Waals surface area contributed by atoms with E-state index in [9.17, 15) is 14.9 Å². The number of anilines is 1. The summed E-state index contributed by atoms with van der Waals surface area (Å²) in [6.07, 6.45) is 0. The van der Waals surface area contributed by atoms with Crippen LogP contribution in [0.2, 0.25) is 5.02 Å². The molecule has 10 heteroatoms. The Labute approximate surface area is 158 Å². The van der Waals surface area contributed by atoms with Crippen molar-refractivity contribution in [3.8, 4) is 0 Å². The van der Waals surface area contributed by atoms with Crippen LogP contribution in [0.1, 0.15) is 0 Å². The molecule has 3 rings (SSSR count). The number of carbonyl (C=O) groups is 1. The summed E-state index contributed by atoms with van der Waals surface area (Å²) in [7, 11) is 0. The number of nitrogens with zero attached hydrogens (tertiary/aromatic N) is 4. The van der Waals surface area contributed by atoms with Crippen molar-refractivity contribution in [2.24, 2.45) is 4.99 Å². The number of thioether (sulfide) groups is 2. The van der Waals surface area contributed by atoms with Crippen LogP contribution in [0.15, 0.2) is 23.2 Å². The third-order valence-electron chi connectivity index (χ3n) is 3.98. The maximum Gasteiger partial charge on any atom is 0.294 e. The van der Waals surface area contributed by atoms with Gasteiger partial charge in [0.25, 0.3) is 5.69 Å². The number of aliphatic imine (C=N–C) groups is 1. The molecule has 134 valence electrons. The SMILES string of the molecule is O=C(CSC1=NCCS1)N1CCN(c2ccc(Cl)cc2[N+](=O)[O-])CC1. The summed E-state index contributed by atoms with van der Waals surface area (Å²) in [6, 6.07) is 4.69. The van der Waals surface area contributed by atoms with E-state index in [1.807, 2.05) is 9.80 Å². The van der Waals surface area contributed by atoms with Crippen LogP contribution in [-0.2, 0) is 4.79 Å². The quantitative estimate of drug-likeness (QED) is 0.571. The lowest BCUT2D eigenvalue weighted by atomic mass is 10.2. The predicted octanol–water partition coefficient (Wildman–Crippen LogP) is 2.73. The second-order valence-corrected chi connectivity index (χ2v) is 8.29. The van der Waals surface area contributed by atoms with Gasteiger partial charge in [0.15, 0.2) is 0 Å². The second-order valence-electron chi connectivity index (χ2n) is 5.54. The Bertz CT molecular complexity index is 708. The lowest BCUT2D eigenvalue weighted by molar-refractivity contribution is -0.384. The zero-order valence-corrected chi connectivity index (χ0v) is 15.8. The number of halogens is 1. The number of carbonyl (C=O) groups excluding carboxylic acids is 1. The van der Waals surface area contributed by atoms with Crippen LogP contribution < -0.4 is 4.90 Å². The second kappa shape index (κ2) is 8.29. The Hall–Kier alpha value is -1.45. The Balaban J connectivity index is 1.56. The Morgan fingerprint density at radius 2 is 2.12 bits per heavy atom. The van der Waals surface area contributed by atoms with Gasteiger partial charge >= 0.3 is 0 Å². The molecule has 7 nitrogen and oxygen atoms in total. The molecule has 0 N–H and O–H groups in total. The Morgan fingerprint density at radius 3 is 2.76 bits per heavy atom. The largest absolute Gasteiger partial charge is 0.362 e. The molecule has 1 aromatic rings. The number of piperazine rings is 1. The molecule has 0 atom stereocenters. The highest BCUT2D eigenvalue weighted by atomic mass is 35.5. The van der Waals surface area contributed by atoms with Gasteiger partial charge in [0.2, 0.25) is 5.91 Å². The monoisotopic (exact) mass is 400 g/mol. The fourth-order valence-corrected chi connectivity index (χ4v) is 4.80.